The predicted molar refractivity (Wildman–Crippen MR) is 78.2 cm³/mol. The van der Waals surface area contributed by atoms with Gasteiger partial charge in [0.2, 0.25) is 0 Å². The minimum atomic E-state index is 0.751. The first-order valence-electron chi connectivity index (χ1n) is 5.70. The number of rotatable bonds is 2. The van der Waals surface area contributed by atoms with Crippen molar-refractivity contribution < 1.29 is 4.74 Å². The molecular weight excluding hydrogens is 242 g/mol. The first-order chi connectivity index (χ1) is 8.78. The van der Waals surface area contributed by atoms with Crippen LogP contribution < -0.4 is 10.5 Å². The molecule has 18 heavy (non-hydrogen) atoms. The summed E-state index contributed by atoms with van der Waals surface area (Å²) in [5.41, 5.74) is 7.89. The Morgan fingerprint density at radius 3 is 2.61 bits per heavy atom. The highest BCUT2D eigenvalue weighted by atomic mass is 32.1. The summed E-state index contributed by atoms with van der Waals surface area (Å²) in [6.45, 7) is 0. The van der Waals surface area contributed by atoms with Crippen LogP contribution in [0.3, 0.4) is 0 Å². The van der Waals surface area contributed by atoms with Gasteiger partial charge in [-0.05, 0) is 29.7 Å². The zero-order chi connectivity index (χ0) is 12.5. The molecule has 2 aromatic carbocycles. The van der Waals surface area contributed by atoms with Crippen LogP contribution in [0.1, 0.15) is 0 Å². The van der Waals surface area contributed by atoms with Crippen LogP contribution in [0, 0.1) is 0 Å². The molecule has 3 rings (SSSR count). The molecule has 0 radical (unpaired) electrons. The molecule has 0 fully saturated rings. The SMILES string of the molecule is COc1ccc(-c2cc3ccccc3s2)c(N)c1. The lowest BCUT2D eigenvalue weighted by atomic mass is 10.1. The van der Waals surface area contributed by atoms with E-state index in [-0.39, 0.29) is 0 Å². The first kappa shape index (κ1) is 11.1. The number of benzene rings is 2. The highest BCUT2D eigenvalue weighted by Gasteiger charge is 2.07. The number of anilines is 1. The third kappa shape index (κ3) is 1.83. The average Bonchev–Trinajstić information content (AvgIpc) is 2.81. The number of nitrogen functional groups attached to an aromatic ring is 1. The Kier molecular flexibility index (Phi) is 2.68. The van der Waals surface area contributed by atoms with E-state index in [1.165, 1.54) is 15.0 Å². The van der Waals surface area contributed by atoms with E-state index in [2.05, 4.69) is 30.3 Å². The average molecular weight is 255 g/mol. The van der Waals surface area contributed by atoms with Gasteiger partial charge < -0.3 is 10.5 Å². The maximum absolute atomic E-state index is 6.08. The van der Waals surface area contributed by atoms with Crippen molar-refractivity contribution in [2.24, 2.45) is 0 Å². The molecule has 2 nitrogen and oxygen atoms in total. The van der Waals surface area contributed by atoms with Gasteiger partial charge in [-0.1, -0.05) is 18.2 Å². The summed E-state index contributed by atoms with van der Waals surface area (Å²) in [6, 6.07) is 16.3. The molecule has 0 unspecified atom stereocenters. The van der Waals surface area contributed by atoms with Crippen LogP contribution in [-0.2, 0) is 0 Å². The third-order valence-electron chi connectivity index (χ3n) is 2.95. The van der Waals surface area contributed by atoms with Crippen molar-refractivity contribution >= 4 is 27.1 Å². The second kappa shape index (κ2) is 4.35. The summed E-state index contributed by atoms with van der Waals surface area (Å²) in [5.74, 6) is 0.789. The molecule has 0 aliphatic rings. The van der Waals surface area contributed by atoms with Gasteiger partial charge in [-0.25, -0.2) is 0 Å². The van der Waals surface area contributed by atoms with E-state index in [1.54, 1.807) is 18.4 Å². The second-order valence-electron chi connectivity index (χ2n) is 4.10. The summed E-state index contributed by atoms with van der Waals surface area (Å²) >= 11 is 1.76. The molecule has 90 valence electrons. The third-order valence-corrected chi connectivity index (χ3v) is 4.10. The summed E-state index contributed by atoms with van der Waals surface area (Å²) in [4.78, 5) is 1.19. The van der Waals surface area contributed by atoms with E-state index in [0.29, 0.717) is 0 Å². The Morgan fingerprint density at radius 2 is 1.89 bits per heavy atom. The summed E-state index contributed by atoms with van der Waals surface area (Å²) in [6.07, 6.45) is 0. The van der Waals surface area contributed by atoms with Crippen LogP contribution in [0.2, 0.25) is 0 Å². The van der Waals surface area contributed by atoms with Gasteiger partial charge in [0.15, 0.2) is 0 Å². The quantitative estimate of drug-likeness (QED) is 0.698. The van der Waals surface area contributed by atoms with E-state index in [1.807, 2.05) is 18.2 Å². The van der Waals surface area contributed by atoms with Crippen molar-refractivity contribution in [3.63, 3.8) is 0 Å². The van der Waals surface area contributed by atoms with E-state index < -0.39 is 0 Å². The van der Waals surface area contributed by atoms with Crippen molar-refractivity contribution in [3.05, 3.63) is 48.5 Å². The molecule has 0 saturated heterocycles. The molecule has 1 heterocycles. The molecule has 0 aliphatic heterocycles. The fourth-order valence-electron chi connectivity index (χ4n) is 2.01. The van der Waals surface area contributed by atoms with Gasteiger partial charge >= 0.3 is 0 Å². The summed E-state index contributed by atoms with van der Waals surface area (Å²) in [5, 5.41) is 1.26. The van der Waals surface area contributed by atoms with Gasteiger partial charge in [0, 0.05) is 26.9 Å². The van der Waals surface area contributed by atoms with Gasteiger partial charge in [0.1, 0.15) is 5.75 Å². The van der Waals surface area contributed by atoms with E-state index in [0.717, 1.165) is 17.0 Å². The van der Waals surface area contributed by atoms with Crippen LogP contribution in [0.4, 0.5) is 5.69 Å². The van der Waals surface area contributed by atoms with Crippen LogP contribution in [0.25, 0.3) is 20.5 Å². The van der Waals surface area contributed by atoms with Crippen molar-refractivity contribution in [3.8, 4) is 16.2 Å². The van der Waals surface area contributed by atoms with Crippen LogP contribution in [0.15, 0.2) is 48.5 Å². The Labute approximate surface area is 110 Å². The molecule has 3 heteroatoms. The molecular formula is C15H13NOS. The van der Waals surface area contributed by atoms with Gasteiger partial charge in [0.05, 0.1) is 7.11 Å². The monoisotopic (exact) mass is 255 g/mol. The lowest BCUT2D eigenvalue weighted by Crippen LogP contribution is -1.90. The van der Waals surface area contributed by atoms with Crippen molar-refractivity contribution in [2.75, 3.05) is 12.8 Å². The number of thiophene rings is 1. The van der Waals surface area contributed by atoms with E-state index >= 15 is 0 Å². The zero-order valence-corrected chi connectivity index (χ0v) is 10.8. The fraction of sp³-hybridized carbons (Fsp3) is 0.0667. The van der Waals surface area contributed by atoms with Crippen LogP contribution in [-0.4, -0.2) is 7.11 Å². The number of fused-ring (bicyclic) bond motifs is 1. The van der Waals surface area contributed by atoms with Crippen molar-refractivity contribution in [1.82, 2.24) is 0 Å². The molecule has 0 bridgehead atoms. The van der Waals surface area contributed by atoms with Crippen LogP contribution >= 0.6 is 11.3 Å². The number of ether oxygens (including phenoxy) is 1. The lowest BCUT2D eigenvalue weighted by molar-refractivity contribution is 0.415. The minimum absolute atomic E-state index is 0.751. The van der Waals surface area contributed by atoms with Crippen LogP contribution in [0.5, 0.6) is 5.75 Å². The highest BCUT2D eigenvalue weighted by Crippen LogP contribution is 2.37. The number of hydrogen-bond donors (Lipinski definition) is 1. The molecule has 0 saturated carbocycles. The topological polar surface area (TPSA) is 35.2 Å². The van der Waals surface area contributed by atoms with E-state index in [4.69, 9.17) is 10.5 Å². The standard InChI is InChI=1S/C15H13NOS/c1-17-11-6-7-12(13(16)9-11)15-8-10-4-2-3-5-14(10)18-15/h2-9H,16H2,1H3. The summed E-state index contributed by atoms with van der Waals surface area (Å²) in [7, 11) is 1.65. The Balaban J connectivity index is 2.14. The maximum atomic E-state index is 6.08. The second-order valence-corrected chi connectivity index (χ2v) is 5.19. The molecule has 0 amide bonds. The molecule has 2 N–H and O–H groups in total. The zero-order valence-electron chi connectivity index (χ0n) is 10.0. The van der Waals surface area contributed by atoms with E-state index in [9.17, 15) is 0 Å². The van der Waals surface area contributed by atoms with Crippen molar-refractivity contribution in [1.29, 1.82) is 0 Å². The smallest absolute Gasteiger partial charge is 0.120 e. The fourth-order valence-corrected chi connectivity index (χ4v) is 3.12. The van der Waals surface area contributed by atoms with Gasteiger partial charge in [0.25, 0.3) is 0 Å². The number of nitrogens with two attached hydrogens (primary N) is 1. The number of methoxy groups -OCH3 is 1. The maximum Gasteiger partial charge on any atom is 0.120 e. The molecule has 0 aliphatic carbocycles. The molecule has 3 aromatic rings. The normalized spacial score (nSPS) is 10.7. The lowest BCUT2D eigenvalue weighted by Gasteiger charge is -2.05. The Bertz CT molecular complexity index is 670. The van der Waals surface area contributed by atoms with Gasteiger partial charge in [-0.15, -0.1) is 11.3 Å². The number of hydrogen-bond acceptors (Lipinski definition) is 3. The molecule has 0 atom stereocenters. The Morgan fingerprint density at radius 1 is 1.06 bits per heavy atom. The Hall–Kier alpha value is -2.00. The molecule has 0 spiro atoms. The predicted octanol–water partition coefficient (Wildman–Crippen LogP) is 4.16. The van der Waals surface area contributed by atoms with Gasteiger partial charge in [-0.2, -0.15) is 0 Å². The van der Waals surface area contributed by atoms with Gasteiger partial charge in [-0.3, -0.25) is 0 Å². The largest absolute Gasteiger partial charge is 0.497 e. The highest BCUT2D eigenvalue weighted by molar-refractivity contribution is 7.22. The summed E-state index contributed by atoms with van der Waals surface area (Å²) < 4.78 is 6.45. The first-order valence-corrected chi connectivity index (χ1v) is 6.52. The molecule has 1 aromatic heterocycles. The minimum Gasteiger partial charge on any atom is -0.497 e. The van der Waals surface area contributed by atoms with Crippen molar-refractivity contribution in [2.45, 2.75) is 0 Å².